The van der Waals surface area contributed by atoms with Gasteiger partial charge in [-0.05, 0) is 26.8 Å². The molecule has 1 unspecified atom stereocenters. The number of methoxy groups -OCH3 is 1. The van der Waals surface area contributed by atoms with Gasteiger partial charge in [0, 0.05) is 19.7 Å². The van der Waals surface area contributed by atoms with Crippen molar-refractivity contribution in [1.29, 1.82) is 0 Å². The van der Waals surface area contributed by atoms with Gasteiger partial charge >= 0.3 is 0 Å². The van der Waals surface area contributed by atoms with Crippen LogP contribution >= 0.6 is 0 Å². The molecule has 0 radical (unpaired) electrons. The first-order valence-electron chi connectivity index (χ1n) is 5.41. The minimum Gasteiger partial charge on any atom is -0.475 e. The second-order valence-electron chi connectivity index (χ2n) is 4.17. The molecule has 4 nitrogen and oxygen atoms in total. The molecule has 0 saturated heterocycles. The highest BCUT2D eigenvalue weighted by Crippen LogP contribution is 2.23. The molecule has 2 N–H and O–H groups in total. The molecule has 1 heterocycles. The lowest BCUT2D eigenvalue weighted by Gasteiger charge is -2.26. The van der Waals surface area contributed by atoms with Crippen molar-refractivity contribution < 1.29 is 9.47 Å². The van der Waals surface area contributed by atoms with Gasteiger partial charge in [-0.2, -0.15) is 0 Å². The van der Waals surface area contributed by atoms with Gasteiger partial charge in [0.05, 0.1) is 11.8 Å². The van der Waals surface area contributed by atoms with E-state index in [9.17, 15) is 0 Å². The maximum Gasteiger partial charge on any atom is 0.213 e. The van der Waals surface area contributed by atoms with Crippen LogP contribution in [0.2, 0.25) is 0 Å². The zero-order valence-electron chi connectivity index (χ0n) is 10.4. The standard InChI is InChI=1S/C12H20N2O2/c1-9(2)16-11-7-5-6-10(14-11)12(3,8-13)15-4/h5-7,9H,8,13H2,1-4H3. The molecule has 0 spiro atoms. The molecule has 1 aromatic rings. The Morgan fingerprint density at radius 3 is 2.62 bits per heavy atom. The van der Waals surface area contributed by atoms with Crippen molar-refractivity contribution in [3.63, 3.8) is 0 Å². The first kappa shape index (κ1) is 12.9. The Balaban J connectivity index is 2.97. The van der Waals surface area contributed by atoms with Gasteiger partial charge in [-0.25, -0.2) is 4.98 Å². The molecule has 0 aromatic carbocycles. The van der Waals surface area contributed by atoms with E-state index in [0.717, 1.165) is 5.69 Å². The number of rotatable bonds is 5. The normalized spacial score (nSPS) is 14.9. The average molecular weight is 224 g/mol. The molecule has 0 aliphatic heterocycles. The summed E-state index contributed by atoms with van der Waals surface area (Å²) in [6.07, 6.45) is 0.106. The maximum absolute atomic E-state index is 5.70. The first-order chi connectivity index (χ1) is 7.51. The van der Waals surface area contributed by atoms with Crippen LogP contribution in [-0.2, 0) is 10.3 Å². The molecule has 0 fully saturated rings. The van der Waals surface area contributed by atoms with E-state index in [0.29, 0.717) is 12.4 Å². The highest BCUT2D eigenvalue weighted by molar-refractivity contribution is 5.20. The number of nitrogens with two attached hydrogens (primary N) is 1. The van der Waals surface area contributed by atoms with Crippen LogP contribution in [0.4, 0.5) is 0 Å². The summed E-state index contributed by atoms with van der Waals surface area (Å²) in [5.74, 6) is 0.601. The fourth-order valence-electron chi connectivity index (χ4n) is 1.31. The van der Waals surface area contributed by atoms with Gasteiger partial charge in [0.25, 0.3) is 0 Å². The minimum absolute atomic E-state index is 0.106. The molecule has 16 heavy (non-hydrogen) atoms. The van der Waals surface area contributed by atoms with Gasteiger partial charge < -0.3 is 15.2 Å². The van der Waals surface area contributed by atoms with E-state index in [1.54, 1.807) is 7.11 Å². The molecule has 90 valence electrons. The molecule has 1 aromatic heterocycles. The van der Waals surface area contributed by atoms with Crippen molar-refractivity contribution in [2.45, 2.75) is 32.5 Å². The molecule has 0 saturated carbocycles. The zero-order chi connectivity index (χ0) is 12.2. The Morgan fingerprint density at radius 1 is 1.44 bits per heavy atom. The number of ether oxygens (including phenoxy) is 2. The summed E-state index contributed by atoms with van der Waals surface area (Å²) in [7, 11) is 1.63. The van der Waals surface area contributed by atoms with E-state index in [2.05, 4.69) is 4.98 Å². The van der Waals surface area contributed by atoms with E-state index < -0.39 is 5.60 Å². The Morgan fingerprint density at radius 2 is 2.12 bits per heavy atom. The van der Waals surface area contributed by atoms with Crippen molar-refractivity contribution in [3.8, 4) is 5.88 Å². The molecular formula is C12H20N2O2. The van der Waals surface area contributed by atoms with Crippen LogP contribution in [0.1, 0.15) is 26.5 Å². The Bertz CT molecular complexity index is 336. The smallest absolute Gasteiger partial charge is 0.213 e. The van der Waals surface area contributed by atoms with Crippen molar-refractivity contribution in [3.05, 3.63) is 23.9 Å². The van der Waals surface area contributed by atoms with E-state index in [1.807, 2.05) is 39.0 Å². The average Bonchev–Trinajstić information content (AvgIpc) is 2.27. The van der Waals surface area contributed by atoms with Crippen LogP contribution in [0.25, 0.3) is 0 Å². The lowest BCUT2D eigenvalue weighted by atomic mass is 10.0. The van der Waals surface area contributed by atoms with Crippen LogP contribution < -0.4 is 10.5 Å². The summed E-state index contributed by atoms with van der Waals surface area (Å²) in [5.41, 5.74) is 5.92. The van der Waals surface area contributed by atoms with Crippen LogP contribution in [0.3, 0.4) is 0 Å². The number of hydrogen-bond donors (Lipinski definition) is 1. The fourth-order valence-corrected chi connectivity index (χ4v) is 1.31. The van der Waals surface area contributed by atoms with Crippen molar-refractivity contribution in [1.82, 2.24) is 4.98 Å². The number of aromatic nitrogens is 1. The molecule has 0 amide bonds. The van der Waals surface area contributed by atoms with Gasteiger partial charge in [-0.3, -0.25) is 0 Å². The monoisotopic (exact) mass is 224 g/mol. The number of pyridine rings is 1. The molecule has 0 aliphatic carbocycles. The highest BCUT2D eigenvalue weighted by Gasteiger charge is 2.26. The second-order valence-corrected chi connectivity index (χ2v) is 4.17. The molecule has 1 atom stereocenters. The van der Waals surface area contributed by atoms with Gasteiger partial charge in [-0.1, -0.05) is 6.07 Å². The lowest BCUT2D eigenvalue weighted by molar-refractivity contribution is 0.00577. The Kier molecular flexibility index (Phi) is 4.26. The SMILES string of the molecule is COC(C)(CN)c1cccc(OC(C)C)n1. The summed E-state index contributed by atoms with van der Waals surface area (Å²) >= 11 is 0. The quantitative estimate of drug-likeness (QED) is 0.827. The summed E-state index contributed by atoms with van der Waals surface area (Å²) in [6.45, 7) is 6.22. The summed E-state index contributed by atoms with van der Waals surface area (Å²) in [6, 6.07) is 5.62. The zero-order valence-corrected chi connectivity index (χ0v) is 10.4. The largest absolute Gasteiger partial charge is 0.475 e. The molecular weight excluding hydrogens is 204 g/mol. The second kappa shape index (κ2) is 5.27. The van der Waals surface area contributed by atoms with Crippen LogP contribution in [0.5, 0.6) is 5.88 Å². The van der Waals surface area contributed by atoms with E-state index in [-0.39, 0.29) is 6.10 Å². The van der Waals surface area contributed by atoms with Gasteiger partial charge in [0.1, 0.15) is 5.60 Å². The maximum atomic E-state index is 5.70. The molecule has 0 bridgehead atoms. The van der Waals surface area contributed by atoms with Crippen LogP contribution in [0, 0.1) is 0 Å². The van der Waals surface area contributed by atoms with Gasteiger partial charge in [0.2, 0.25) is 5.88 Å². The van der Waals surface area contributed by atoms with Crippen molar-refractivity contribution in [2.75, 3.05) is 13.7 Å². The summed E-state index contributed by atoms with van der Waals surface area (Å²) < 4.78 is 10.9. The predicted octanol–water partition coefficient (Wildman–Crippen LogP) is 1.69. The van der Waals surface area contributed by atoms with E-state index >= 15 is 0 Å². The number of hydrogen-bond acceptors (Lipinski definition) is 4. The van der Waals surface area contributed by atoms with Gasteiger partial charge in [-0.15, -0.1) is 0 Å². The Hall–Kier alpha value is -1.13. The van der Waals surface area contributed by atoms with Crippen molar-refractivity contribution in [2.24, 2.45) is 5.73 Å². The predicted molar refractivity (Wildman–Crippen MR) is 63.4 cm³/mol. The molecule has 1 rings (SSSR count). The van der Waals surface area contributed by atoms with E-state index in [4.69, 9.17) is 15.2 Å². The van der Waals surface area contributed by atoms with Crippen LogP contribution in [0.15, 0.2) is 18.2 Å². The summed E-state index contributed by atoms with van der Waals surface area (Å²) in [5, 5.41) is 0. The van der Waals surface area contributed by atoms with E-state index in [1.165, 1.54) is 0 Å². The topological polar surface area (TPSA) is 57.4 Å². The molecule has 4 heteroatoms. The van der Waals surface area contributed by atoms with Gasteiger partial charge in [0.15, 0.2) is 0 Å². The summed E-state index contributed by atoms with van der Waals surface area (Å²) in [4.78, 5) is 4.40. The van der Waals surface area contributed by atoms with Crippen molar-refractivity contribution >= 4 is 0 Å². The number of nitrogens with zero attached hydrogens (tertiary/aromatic N) is 1. The Labute approximate surface area is 96.8 Å². The minimum atomic E-state index is -0.559. The third kappa shape index (κ3) is 2.93. The first-order valence-corrected chi connectivity index (χ1v) is 5.41. The third-order valence-corrected chi connectivity index (χ3v) is 2.46. The fraction of sp³-hybridized carbons (Fsp3) is 0.583. The lowest BCUT2D eigenvalue weighted by Crippen LogP contribution is -2.34. The molecule has 0 aliphatic rings. The van der Waals surface area contributed by atoms with Crippen LogP contribution in [-0.4, -0.2) is 24.7 Å². The highest BCUT2D eigenvalue weighted by atomic mass is 16.5. The third-order valence-electron chi connectivity index (χ3n) is 2.46.